The summed E-state index contributed by atoms with van der Waals surface area (Å²) in [5, 5.41) is 10.1. The smallest absolute Gasteiger partial charge is 0.164 e. The van der Waals surface area contributed by atoms with Crippen molar-refractivity contribution in [1.82, 2.24) is 0 Å². The van der Waals surface area contributed by atoms with Gasteiger partial charge in [0.05, 0.1) is 6.10 Å². The van der Waals surface area contributed by atoms with E-state index in [1.165, 1.54) is 18.4 Å². The molecule has 5 rings (SSSR count). The predicted octanol–water partition coefficient (Wildman–Crippen LogP) is 3.65. The van der Waals surface area contributed by atoms with Crippen LogP contribution >= 0.6 is 0 Å². The van der Waals surface area contributed by atoms with Crippen LogP contribution in [0.15, 0.2) is 11.6 Å². The Morgan fingerprint density at radius 1 is 1.25 bits per heavy atom. The van der Waals surface area contributed by atoms with E-state index >= 15 is 0 Å². The van der Waals surface area contributed by atoms with Crippen molar-refractivity contribution in [3.63, 3.8) is 0 Å². The molecule has 1 aliphatic heterocycles. The second-order valence-electron chi connectivity index (χ2n) is 9.85. The normalized spacial score (nSPS) is 58.0. The number of allylic oxidation sites excluding steroid dienone is 1. The van der Waals surface area contributed by atoms with Gasteiger partial charge in [0.15, 0.2) is 11.4 Å². The second-order valence-corrected chi connectivity index (χ2v) is 9.85. The first-order valence-corrected chi connectivity index (χ1v) is 9.88. The van der Waals surface area contributed by atoms with Crippen LogP contribution in [0.5, 0.6) is 0 Å². The van der Waals surface area contributed by atoms with Gasteiger partial charge in [-0.15, -0.1) is 0 Å². The molecule has 1 heterocycles. The molecule has 0 amide bonds. The fourth-order valence-electron chi connectivity index (χ4n) is 7.44. The van der Waals surface area contributed by atoms with Crippen LogP contribution in [0.2, 0.25) is 0 Å². The number of carbonyl (C=O) groups is 1. The summed E-state index contributed by atoms with van der Waals surface area (Å²) in [5.41, 5.74) is 1.57. The molecule has 3 heteroatoms. The average molecular weight is 330 g/mol. The topological polar surface area (TPSA) is 49.8 Å². The third-order valence-corrected chi connectivity index (χ3v) is 8.93. The van der Waals surface area contributed by atoms with E-state index in [0.29, 0.717) is 11.8 Å². The second kappa shape index (κ2) is 4.54. The molecule has 0 aromatic carbocycles. The number of rotatable bonds is 1. The Labute approximate surface area is 144 Å². The van der Waals surface area contributed by atoms with Gasteiger partial charge in [0.2, 0.25) is 0 Å². The number of fused-ring (bicyclic) bond motifs is 7. The molecular weight excluding hydrogens is 300 g/mol. The van der Waals surface area contributed by atoms with Crippen molar-refractivity contribution < 1.29 is 14.6 Å². The molecule has 132 valence electrons. The predicted molar refractivity (Wildman–Crippen MR) is 91.4 cm³/mol. The van der Waals surface area contributed by atoms with Crippen LogP contribution in [0.25, 0.3) is 0 Å². The van der Waals surface area contributed by atoms with Crippen LogP contribution in [0.4, 0.5) is 0 Å². The maximum Gasteiger partial charge on any atom is 0.164 e. The minimum Gasteiger partial charge on any atom is -0.393 e. The minimum absolute atomic E-state index is 0.136. The highest BCUT2D eigenvalue weighted by atomic mass is 16.6. The van der Waals surface area contributed by atoms with Crippen molar-refractivity contribution in [2.45, 2.75) is 83.5 Å². The summed E-state index contributed by atoms with van der Waals surface area (Å²) < 4.78 is 6.00. The van der Waals surface area contributed by atoms with E-state index in [9.17, 15) is 9.90 Å². The zero-order valence-corrected chi connectivity index (χ0v) is 15.2. The number of ketones is 1. The highest BCUT2D eigenvalue weighted by Crippen LogP contribution is 2.72. The molecule has 4 aliphatic carbocycles. The number of ether oxygens (including phenoxy) is 1. The molecule has 0 aromatic heterocycles. The maximum absolute atomic E-state index is 12.2. The van der Waals surface area contributed by atoms with Gasteiger partial charge in [-0.25, -0.2) is 0 Å². The maximum atomic E-state index is 12.2. The first-order valence-electron chi connectivity index (χ1n) is 9.88. The molecule has 3 nitrogen and oxygen atoms in total. The standard InChI is InChI=1S/C21H30O3/c1-12(22)21-11-17-15-5-4-13-10-14(23)6-8-19(13,2)16(15)7-9-20(17,3)18(21)24-21/h4,14-18,23H,5-11H2,1-3H3/t14-,15-,16+,17-,18+,19+,20-,21+/m1/s1. The summed E-state index contributed by atoms with van der Waals surface area (Å²) in [6.45, 7) is 6.57. The fourth-order valence-corrected chi connectivity index (χ4v) is 7.44. The van der Waals surface area contributed by atoms with Crippen LogP contribution in [0.1, 0.15) is 65.7 Å². The van der Waals surface area contributed by atoms with Crippen molar-refractivity contribution >= 4 is 5.78 Å². The highest BCUT2D eigenvalue weighted by Gasteiger charge is 2.77. The number of hydrogen-bond acceptors (Lipinski definition) is 3. The lowest BCUT2D eigenvalue weighted by molar-refractivity contribution is -0.123. The Hall–Kier alpha value is -0.670. The molecule has 8 atom stereocenters. The van der Waals surface area contributed by atoms with Gasteiger partial charge >= 0.3 is 0 Å². The van der Waals surface area contributed by atoms with Crippen LogP contribution in [-0.4, -0.2) is 28.7 Å². The van der Waals surface area contributed by atoms with Gasteiger partial charge in [0, 0.05) is 5.41 Å². The lowest BCUT2D eigenvalue weighted by Gasteiger charge is -2.57. The van der Waals surface area contributed by atoms with E-state index < -0.39 is 5.60 Å². The number of carbonyl (C=O) groups excluding carboxylic acids is 1. The summed E-state index contributed by atoms with van der Waals surface area (Å²) in [5.74, 6) is 2.30. The minimum atomic E-state index is -0.429. The van der Waals surface area contributed by atoms with E-state index in [1.807, 2.05) is 0 Å². The average Bonchev–Trinajstić information content (AvgIpc) is 3.22. The van der Waals surface area contributed by atoms with E-state index in [-0.39, 0.29) is 28.8 Å². The first kappa shape index (κ1) is 15.6. The van der Waals surface area contributed by atoms with Gasteiger partial charge in [0.1, 0.15) is 6.10 Å². The number of epoxide rings is 1. The monoisotopic (exact) mass is 330 g/mol. The lowest BCUT2D eigenvalue weighted by Crippen LogP contribution is -2.50. The third-order valence-electron chi connectivity index (χ3n) is 8.93. The first-order chi connectivity index (χ1) is 11.3. The van der Waals surface area contributed by atoms with E-state index in [2.05, 4.69) is 19.9 Å². The molecule has 0 spiro atoms. The summed E-state index contributed by atoms with van der Waals surface area (Å²) in [4.78, 5) is 12.2. The van der Waals surface area contributed by atoms with Gasteiger partial charge in [0.25, 0.3) is 0 Å². The summed E-state index contributed by atoms with van der Waals surface area (Å²) in [6, 6.07) is 0. The fraction of sp³-hybridized carbons (Fsp3) is 0.857. The van der Waals surface area contributed by atoms with E-state index in [0.717, 1.165) is 38.0 Å². The number of Topliss-reactive ketones (excluding diaryl/α,β-unsaturated/α-hetero) is 1. The van der Waals surface area contributed by atoms with Crippen molar-refractivity contribution in [2.24, 2.45) is 28.6 Å². The van der Waals surface area contributed by atoms with Crippen molar-refractivity contribution in [3.05, 3.63) is 11.6 Å². The molecule has 3 saturated carbocycles. The zero-order chi connectivity index (χ0) is 16.9. The summed E-state index contributed by atoms with van der Waals surface area (Å²) in [7, 11) is 0. The summed E-state index contributed by atoms with van der Waals surface area (Å²) in [6.07, 6.45) is 10.0. The number of aliphatic hydroxyl groups is 1. The zero-order valence-electron chi connectivity index (χ0n) is 15.2. The molecule has 0 aromatic rings. The van der Waals surface area contributed by atoms with Gasteiger partial charge in [-0.2, -0.15) is 0 Å². The Morgan fingerprint density at radius 2 is 2.04 bits per heavy atom. The van der Waals surface area contributed by atoms with Gasteiger partial charge in [-0.1, -0.05) is 25.5 Å². The molecule has 4 fully saturated rings. The van der Waals surface area contributed by atoms with Crippen molar-refractivity contribution in [1.29, 1.82) is 0 Å². The Kier molecular flexibility index (Phi) is 2.94. The molecule has 0 unspecified atom stereocenters. The Morgan fingerprint density at radius 3 is 2.79 bits per heavy atom. The number of aliphatic hydroxyl groups excluding tert-OH is 1. The molecule has 1 saturated heterocycles. The molecular formula is C21H30O3. The van der Waals surface area contributed by atoms with Crippen LogP contribution < -0.4 is 0 Å². The highest BCUT2D eigenvalue weighted by molar-refractivity contribution is 5.89. The van der Waals surface area contributed by atoms with Gasteiger partial charge < -0.3 is 9.84 Å². The van der Waals surface area contributed by atoms with Crippen molar-refractivity contribution in [2.75, 3.05) is 0 Å². The molecule has 1 N–H and O–H groups in total. The van der Waals surface area contributed by atoms with Gasteiger partial charge in [-0.3, -0.25) is 4.79 Å². The quantitative estimate of drug-likeness (QED) is 0.590. The molecule has 0 radical (unpaired) electrons. The largest absolute Gasteiger partial charge is 0.393 e. The Balaban J connectivity index is 1.50. The molecule has 0 bridgehead atoms. The number of hydrogen-bond donors (Lipinski definition) is 1. The summed E-state index contributed by atoms with van der Waals surface area (Å²) >= 11 is 0. The van der Waals surface area contributed by atoms with Crippen LogP contribution in [0.3, 0.4) is 0 Å². The third kappa shape index (κ3) is 1.69. The molecule has 5 aliphatic rings. The SMILES string of the molecule is CC(=O)[C@@]12C[C@@H]3[C@@H]4CC=C5C[C@H](O)CC[C@]5(C)[C@H]4CC[C@@]3(C)[C@@H]1O2. The van der Waals surface area contributed by atoms with Crippen molar-refractivity contribution in [3.8, 4) is 0 Å². The van der Waals surface area contributed by atoms with E-state index in [1.54, 1.807) is 6.92 Å². The van der Waals surface area contributed by atoms with Gasteiger partial charge in [-0.05, 0) is 75.0 Å². The van der Waals surface area contributed by atoms with Crippen LogP contribution in [-0.2, 0) is 9.53 Å². The molecule has 24 heavy (non-hydrogen) atoms. The lowest BCUT2D eigenvalue weighted by atomic mass is 9.48. The van der Waals surface area contributed by atoms with E-state index in [4.69, 9.17) is 4.74 Å². The Bertz CT molecular complexity index is 639. The van der Waals surface area contributed by atoms with Crippen LogP contribution in [0, 0.1) is 28.6 Å².